The Balaban J connectivity index is 2.35. The Kier molecular flexibility index (Phi) is 5.62. The lowest BCUT2D eigenvalue weighted by atomic mass is 9.92. The molecule has 0 aromatic heterocycles. The first-order chi connectivity index (χ1) is 8.50. The van der Waals surface area contributed by atoms with Gasteiger partial charge in [0.2, 0.25) is 0 Å². The Bertz CT molecular complexity index is 387. The van der Waals surface area contributed by atoms with Gasteiger partial charge in [-0.05, 0) is 39.5 Å². The summed E-state index contributed by atoms with van der Waals surface area (Å²) < 4.78 is 5.04. The van der Waals surface area contributed by atoms with Crippen LogP contribution in [-0.2, 0) is 14.3 Å². The maximum atomic E-state index is 11.7. The number of esters is 1. The molecule has 0 aliphatic heterocycles. The number of rotatable bonds is 5. The van der Waals surface area contributed by atoms with Crippen LogP contribution < -0.4 is 0 Å². The molecule has 1 aliphatic rings. The van der Waals surface area contributed by atoms with Gasteiger partial charge in [0.15, 0.2) is 0 Å². The predicted molar refractivity (Wildman–Crippen MR) is 68.1 cm³/mol. The predicted octanol–water partition coefficient (Wildman–Crippen LogP) is 2.84. The molecule has 0 aromatic carbocycles. The van der Waals surface area contributed by atoms with E-state index >= 15 is 0 Å². The summed E-state index contributed by atoms with van der Waals surface area (Å²) in [4.78, 5) is 22.0. The lowest BCUT2D eigenvalue weighted by molar-refractivity contribution is -0.142. The molecule has 0 aromatic rings. The van der Waals surface area contributed by atoms with Gasteiger partial charge in [-0.2, -0.15) is 0 Å². The molecule has 100 valence electrons. The second-order valence-corrected chi connectivity index (χ2v) is 4.67. The monoisotopic (exact) mass is 252 g/mol. The van der Waals surface area contributed by atoms with Gasteiger partial charge in [-0.3, -0.25) is 4.79 Å². The number of carbonyl (C=O) groups is 2. The molecule has 0 saturated heterocycles. The van der Waals surface area contributed by atoms with Gasteiger partial charge in [-0.25, -0.2) is 4.79 Å². The SMILES string of the molecule is CC(C)=C1CC=C(C(=O)OCCCC(=O)O)CC1. The van der Waals surface area contributed by atoms with Crippen molar-refractivity contribution in [3.63, 3.8) is 0 Å². The summed E-state index contributed by atoms with van der Waals surface area (Å²) in [5, 5.41) is 8.45. The van der Waals surface area contributed by atoms with Crippen molar-refractivity contribution in [1.29, 1.82) is 0 Å². The minimum absolute atomic E-state index is 0.0360. The number of ether oxygens (including phenoxy) is 1. The van der Waals surface area contributed by atoms with Crippen molar-refractivity contribution in [2.24, 2.45) is 0 Å². The maximum absolute atomic E-state index is 11.7. The fraction of sp³-hybridized carbons (Fsp3) is 0.571. The number of hydrogen-bond donors (Lipinski definition) is 1. The van der Waals surface area contributed by atoms with Crippen LogP contribution in [0.5, 0.6) is 0 Å². The number of aliphatic carboxylic acids is 1. The van der Waals surface area contributed by atoms with E-state index in [0.29, 0.717) is 6.42 Å². The van der Waals surface area contributed by atoms with Crippen LogP contribution in [-0.4, -0.2) is 23.7 Å². The van der Waals surface area contributed by atoms with E-state index in [-0.39, 0.29) is 19.0 Å². The number of carbonyl (C=O) groups excluding carboxylic acids is 1. The average Bonchev–Trinajstić information content (AvgIpc) is 2.34. The van der Waals surface area contributed by atoms with Gasteiger partial charge < -0.3 is 9.84 Å². The van der Waals surface area contributed by atoms with Crippen molar-refractivity contribution in [1.82, 2.24) is 0 Å². The zero-order chi connectivity index (χ0) is 13.5. The van der Waals surface area contributed by atoms with Crippen molar-refractivity contribution < 1.29 is 19.4 Å². The summed E-state index contributed by atoms with van der Waals surface area (Å²) in [5.41, 5.74) is 3.42. The van der Waals surface area contributed by atoms with Crippen LogP contribution in [0.4, 0.5) is 0 Å². The lowest BCUT2D eigenvalue weighted by Crippen LogP contribution is -2.12. The largest absolute Gasteiger partial charge is 0.481 e. The zero-order valence-electron chi connectivity index (χ0n) is 11.0. The second kappa shape index (κ2) is 6.99. The fourth-order valence-corrected chi connectivity index (χ4v) is 1.86. The molecular formula is C14H20O4. The Morgan fingerprint density at radius 3 is 2.56 bits per heavy atom. The molecule has 0 atom stereocenters. The molecule has 4 nitrogen and oxygen atoms in total. The third kappa shape index (κ3) is 4.73. The summed E-state index contributed by atoms with van der Waals surface area (Å²) in [6.45, 7) is 4.34. The van der Waals surface area contributed by atoms with E-state index < -0.39 is 5.97 Å². The highest BCUT2D eigenvalue weighted by Crippen LogP contribution is 2.25. The van der Waals surface area contributed by atoms with E-state index in [1.54, 1.807) is 0 Å². The first kappa shape index (κ1) is 14.5. The standard InChI is InChI=1S/C14H20O4/c1-10(2)11-5-7-12(8-6-11)14(17)18-9-3-4-13(15)16/h7H,3-6,8-9H2,1-2H3,(H,15,16). The average molecular weight is 252 g/mol. The number of hydrogen-bond acceptors (Lipinski definition) is 3. The third-order valence-electron chi connectivity index (χ3n) is 3.03. The summed E-state index contributed by atoms with van der Waals surface area (Å²) >= 11 is 0. The second-order valence-electron chi connectivity index (χ2n) is 4.67. The molecule has 0 radical (unpaired) electrons. The summed E-state index contributed by atoms with van der Waals surface area (Å²) in [5.74, 6) is -1.16. The number of allylic oxidation sites excluding steroid dienone is 3. The quantitative estimate of drug-likeness (QED) is 0.464. The number of carboxylic acid groups (broad SMARTS) is 1. The smallest absolute Gasteiger partial charge is 0.333 e. The van der Waals surface area contributed by atoms with Crippen LogP contribution >= 0.6 is 0 Å². The van der Waals surface area contributed by atoms with Gasteiger partial charge in [0.25, 0.3) is 0 Å². The lowest BCUT2D eigenvalue weighted by Gasteiger charge is -2.16. The van der Waals surface area contributed by atoms with Crippen LogP contribution in [0.2, 0.25) is 0 Å². The van der Waals surface area contributed by atoms with E-state index in [0.717, 1.165) is 24.8 Å². The fourth-order valence-electron chi connectivity index (χ4n) is 1.86. The van der Waals surface area contributed by atoms with Crippen molar-refractivity contribution in [3.8, 4) is 0 Å². The Hall–Kier alpha value is -1.58. The normalized spacial score (nSPS) is 15.0. The molecule has 0 unspecified atom stereocenters. The van der Waals surface area contributed by atoms with Gasteiger partial charge in [-0.1, -0.05) is 17.2 Å². The van der Waals surface area contributed by atoms with Crippen molar-refractivity contribution in [2.75, 3.05) is 6.61 Å². The van der Waals surface area contributed by atoms with Crippen LogP contribution in [0, 0.1) is 0 Å². The minimum atomic E-state index is -0.865. The molecule has 4 heteroatoms. The highest BCUT2D eigenvalue weighted by Gasteiger charge is 2.16. The summed E-state index contributed by atoms with van der Waals surface area (Å²) in [7, 11) is 0. The molecule has 0 bridgehead atoms. The van der Waals surface area contributed by atoms with Crippen molar-refractivity contribution >= 4 is 11.9 Å². The molecular weight excluding hydrogens is 232 g/mol. The van der Waals surface area contributed by atoms with Gasteiger partial charge in [0.1, 0.15) is 0 Å². The van der Waals surface area contributed by atoms with Crippen LogP contribution in [0.25, 0.3) is 0 Å². The first-order valence-corrected chi connectivity index (χ1v) is 6.24. The van der Waals surface area contributed by atoms with Gasteiger partial charge in [0, 0.05) is 12.0 Å². The molecule has 1 aliphatic carbocycles. The highest BCUT2D eigenvalue weighted by molar-refractivity contribution is 5.88. The maximum Gasteiger partial charge on any atom is 0.333 e. The molecule has 1 rings (SSSR count). The van der Waals surface area contributed by atoms with E-state index in [9.17, 15) is 9.59 Å². The third-order valence-corrected chi connectivity index (χ3v) is 3.03. The summed E-state index contributed by atoms with van der Waals surface area (Å²) in [6.07, 6.45) is 4.78. The minimum Gasteiger partial charge on any atom is -0.481 e. The van der Waals surface area contributed by atoms with E-state index in [2.05, 4.69) is 13.8 Å². The topological polar surface area (TPSA) is 63.6 Å². The van der Waals surface area contributed by atoms with Crippen LogP contribution in [0.1, 0.15) is 46.0 Å². The molecule has 0 heterocycles. The highest BCUT2D eigenvalue weighted by atomic mass is 16.5. The number of carboxylic acids is 1. The summed E-state index contributed by atoms with van der Waals surface area (Å²) in [6, 6.07) is 0. The van der Waals surface area contributed by atoms with Gasteiger partial charge >= 0.3 is 11.9 Å². The van der Waals surface area contributed by atoms with E-state index in [1.165, 1.54) is 11.1 Å². The van der Waals surface area contributed by atoms with Crippen molar-refractivity contribution in [2.45, 2.75) is 46.0 Å². The van der Waals surface area contributed by atoms with Crippen LogP contribution in [0.15, 0.2) is 22.8 Å². The first-order valence-electron chi connectivity index (χ1n) is 6.24. The molecule has 0 amide bonds. The Labute approximate surface area is 107 Å². The van der Waals surface area contributed by atoms with Crippen LogP contribution in [0.3, 0.4) is 0 Å². The zero-order valence-corrected chi connectivity index (χ0v) is 11.0. The molecule has 1 N–H and O–H groups in total. The molecule has 0 saturated carbocycles. The molecule has 18 heavy (non-hydrogen) atoms. The molecule has 0 spiro atoms. The van der Waals surface area contributed by atoms with Gasteiger partial charge in [-0.15, -0.1) is 0 Å². The van der Waals surface area contributed by atoms with E-state index in [4.69, 9.17) is 9.84 Å². The van der Waals surface area contributed by atoms with Crippen molar-refractivity contribution in [3.05, 3.63) is 22.8 Å². The Morgan fingerprint density at radius 2 is 2.06 bits per heavy atom. The van der Waals surface area contributed by atoms with Gasteiger partial charge in [0.05, 0.1) is 6.61 Å². The molecule has 0 fully saturated rings. The van der Waals surface area contributed by atoms with E-state index in [1.807, 2.05) is 6.08 Å². The Morgan fingerprint density at radius 1 is 1.33 bits per heavy atom.